The third kappa shape index (κ3) is 2.65. The Morgan fingerprint density at radius 2 is 2.35 bits per heavy atom. The van der Waals surface area contributed by atoms with Crippen LogP contribution in [-0.2, 0) is 6.54 Å². The highest BCUT2D eigenvalue weighted by atomic mass is 79.9. The van der Waals surface area contributed by atoms with E-state index in [1.54, 1.807) is 30.7 Å². The van der Waals surface area contributed by atoms with Gasteiger partial charge in [0.25, 0.3) is 5.91 Å². The SMILES string of the molecule is Nc1cccc(C(=O)NCc2cnc[nH]2)c1Br. The first kappa shape index (κ1) is 11.7. The minimum Gasteiger partial charge on any atom is -0.398 e. The van der Waals surface area contributed by atoms with Gasteiger partial charge >= 0.3 is 0 Å². The normalized spacial score (nSPS) is 10.2. The predicted octanol–water partition coefficient (Wildman–Crippen LogP) is 1.68. The fourth-order valence-electron chi connectivity index (χ4n) is 1.38. The number of aromatic nitrogens is 2. The molecule has 0 saturated carbocycles. The van der Waals surface area contributed by atoms with Gasteiger partial charge in [-0.1, -0.05) is 6.07 Å². The Labute approximate surface area is 107 Å². The van der Waals surface area contributed by atoms with Crippen molar-refractivity contribution in [2.45, 2.75) is 6.54 Å². The fraction of sp³-hybridized carbons (Fsp3) is 0.0909. The van der Waals surface area contributed by atoms with Crippen LogP contribution in [0.15, 0.2) is 35.2 Å². The number of nitrogen functional groups attached to an aromatic ring is 1. The number of nitrogens with zero attached hydrogens (tertiary/aromatic N) is 1. The Balaban J connectivity index is 2.07. The summed E-state index contributed by atoms with van der Waals surface area (Å²) in [4.78, 5) is 18.7. The predicted molar refractivity (Wildman–Crippen MR) is 68.3 cm³/mol. The highest BCUT2D eigenvalue weighted by Gasteiger charge is 2.11. The molecule has 0 aliphatic heterocycles. The molecular formula is C11H11BrN4O. The molecule has 0 aliphatic carbocycles. The summed E-state index contributed by atoms with van der Waals surface area (Å²) in [7, 11) is 0. The summed E-state index contributed by atoms with van der Waals surface area (Å²) < 4.78 is 0.613. The zero-order chi connectivity index (χ0) is 12.3. The van der Waals surface area contributed by atoms with E-state index in [0.717, 1.165) is 5.69 Å². The van der Waals surface area contributed by atoms with E-state index in [2.05, 4.69) is 31.2 Å². The first-order chi connectivity index (χ1) is 8.18. The topological polar surface area (TPSA) is 83.8 Å². The van der Waals surface area contributed by atoms with Gasteiger partial charge in [0, 0.05) is 11.9 Å². The van der Waals surface area contributed by atoms with Gasteiger partial charge in [0.2, 0.25) is 0 Å². The van der Waals surface area contributed by atoms with Crippen molar-refractivity contribution in [2.75, 3.05) is 5.73 Å². The van der Waals surface area contributed by atoms with Crippen molar-refractivity contribution in [1.82, 2.24) is 15.3 Å². The molecule has 17 heavy (non-hydrogen) atoms. The molecule has 5 nitrogen and oxygen atoms in total. The standard InChI is InChI=1S/C11H11BrN4O/c12-10-8(2-1-3-9(10)13)11(17)15-5-7-4-14-6-16-7/h1-4,6H,5,13H2,(H,14,16)(H,15,17). The minimum absolute atomic E-state index is 0.182. The lowest BCUT2D eigenvalue weighted by molar-refractivity contribution is 0.0950. The molecule has 0 radical (unpaired) electrons. The van der Waals surface area contributed by atoms with Crippen LogP contribution in [0.3, 0.4) is 0 Å². The Kier molecular flexibility index (Phi) is 3.43. The smallest absolute Gasteiger partial charge is 0.252 e. The van der Waals surface area contributed by atoms with Gasteiger partial charge in [0.15, 0.2) is 0 Å². The maximum atomic E-state index is 11.9. The van der Waals surface area contributed by atoms with Gasteiger partial charge in [-0.15, -0.1) is 0 Å². The fourth-order valence-corrected chi connectivity index (χ4v) is 1.82. The number of aromatic amines is 1. The third-order valence-electron chi connectivity index (χ3n) is 2.27. The first-order valence-corrected chi connectivity index (χ1v) is 5.77. The molecule has 1 heterocycles. The average molecular weight is 295 g/mol. The van der Waals surface area contributed by atoms with E-state index in [9.17, 15) is 4.79 Å². The summed E-state index contributed by atoms with van der Waals surface area (Å²) in [5, 5.41) is 2.77. The Morgan fingerprint density at radius 1 is 1.53 bits per heavy atom. The van der Waals surface area contributed by atoms with Gasteiger partial charge < -0.3 is 16.0 Å². The average Bonchev–Trinajstić information content (AvgIpc) is 2.82. The highest BCUT2D eigenvalue weighted by Crippen LogP contribution is 2.23. The van der Waals surface area contributed by atoms with Crippen LogP contribution in [0.2, 0.25) is 0 Å². The van der Waals surface area contributed by atoms with Gasteiger partial charge in [-0.05, 0) is 28.1 Å². The lowest BCUT2D eigenvalue weighted by atomic mass is 10.2. The zero-order valence-electron chi connectivity index (χ0n) is 8.90. The molecule has 2 aromatic rings. The lowest BCUT2D eigenvalue weighted by Crippen LogP contribution is -2.23. The number of nitrogens with two attached hydrogens (primary N) is 1. The number of carbonyl (C=O) groups is 1. The molecular weight excluding hydrogens is 284 g/mol. The second kappa shape index (κ2) is 5.01. The summed E-state index contributed by atoms with van der Waals surface area (Å²) in [5.41, 5.74) is 7.61. The van der Waals surface area contributed by atoms with E-state index in [1.165, 1.54) is 0 Å². The number of hydrogen-bond donors (Lipinski definition) is 3. The first-order valence-electron chi connectivity index (χ1n) is 4.98. The molecule has 2 rings (SSSR count). The van der Waals surface area contributed by atoms with Crippen molar-refractivity contribution in [3.8, 4) is 0 Å². The molecule has 1 amide bonds. The number of anilines is 1. The highest BCUT2D eigenvalue weighted by molar-refractivity contribution is 9.10. The quantitative estimate of drug-likeness (QED) is 0.753. The Morgan fingerprint density at radius 3 is 3.06 bits per heavy atom. The van der Waals surface area contributed by atoms with Crippen LogP contribution >= 0.6 is 15.9 Å². The summed E-state index contributed by atoms with van der Waals surface area (Å²) >= 11 is 3.29. The summed E-state index contributed by atoms with van der Waals surface area (Å²) in [5.74, 6) is -0.182. The van der Waals surface area contributed by atoms with Gasteiger partial charge in [-0.2, -0.15) is 0 Å². The molecule has 4 N–H and O–H groups in total. The maximum Gasteiger partial charge on any atom is 0.252 e. The lowest BCUT2D eigenvalue weighted by Gasteiger charge is -2.07. The van der Waals surface area contributed by atoms with Crippen LogP contribution in [0.5, 0.6) is 0 Å². The van der Waals surface area contributed by atoms with E-state index >= 15 is 0 Å². The number of imidazole rings is 1. The largest absolute Gasteiger partial charge is 0.398 e. The van der Waals surface area contributed by atoms with Crippen molar-refractivity contribution in [1.29, 1.82) is 0 Å². The van der Waals surface area contributed by atoms with Gasteiger partial charge in [0.05, 0.1) is 28.6 Å². The molecule has 0 bridgehead atoms. The second-order valence-electron chi connectivity index (χ2n) is 3.47. The molecule has 1 aromatic heterocycles. The monoisotopic (exact) mass is 294 g/mol. The van der Waals surface area contributed by atoms with Gasteiger partial charge in [-0.3, -0.25) is 4.79 Å². The van der Waals surface area contributed by atoms with E-state index in [0.29, 0.717) is 22.3 Å². The summed E-state index contributed by atoms with van der Waals surface area (Å²) in [6.07, 6.45) is 3.23. The maximum absolute atomic E-state index is 11.9. The number of halogens is 1. The van der Waals surface area contributed by atoms with E-state index < -0.39 is 0 Å². The van der Waals surface area contributed by atoms with E-state index in [4.69, 9.17) is 5.73 Å². The number of benzene rings is 1. The van der Waals surface area contributed by atoms with Gasteiger partial charge in [-0.25, -0.2) is 4.98 Å². The summed E-state index contributed by atoms with van der Waals surface area (Å²) in [6.45, 7) is 0.403. The molecule has 0 fully saturated rings. The van der Waals surface area contributed by atoms with Crippen molar-refractivity contribution >= 4 is 27.5 Å². The van der Waals surface area contributed by atoms with Crippen molar-refractivity contribution in [2.24, 2.45) is 0 Å². The van der Waals surface area contributed by atoms with Crippen molar-refractivity contribution < 1.29 is 4.79 Å². The molecule has 6 heteroatoms. The number of amides is 1. The molecule has 0 saturated heterocycles. The number of H-pyrrole nitrogens is 1. The number of rotatable bonds is 3. The Bertz CT molecular complexity index is 524. The minimum atomic E-state index is -0.182. The van der Waals surface area contributed by atoms with Crippen LogP contribution in [0.1, 0.15) is 16.1 Å². The van der Waals surface area contributed by atoms with E-state index in [1.807, 2.05) is 0 Å². The van der Waals surface area contributed by atoms with Crippen LogP contribution in [-0.4, -0.2) is 15.9 Å². The molecule has 88 valence electrons. The molecule has 0 spiro atoms. The van der Waals surface area contributed by atoms with Gasteiger partial charge in [0.1, 0.15) is 0 Å². The zero-order valence-corrected chi connectivity index (χ0v) is 10.5. The second-order valence-corrected chi connectivity index (χ2v) is 4.26. The van der Waals surface area contributed by atoms with Crippen LogP contribution in [0.4, 0.5) is 5.69 Å². The number of nitrogens with one attached hydrogen (secondary N) is 2. The molecule has 0 unspecified atom stereocenters. The summed E-state index contributed by atoms with van der Waals surface area (Å²) in [6, 6.07) is 5.18. The van der Waals surface area contributed by atoms with Crippen molar-refractivity contribution in [3.63, 3.8) is 0 Å². The van der Waals surface area contributed by atoms with Crippen LogP contribution < -0.4 is 11.1 Å². The van der Waals surface area contributed by atoms with E-state index in [-0.39, 0.29) is 5.91 Å². The molecule has 1 aromatic carbocycles. The Hall–Kier alpha value is -1.82. The number of carbonyl (C=O) groups excluding carboxylic acids is 1. The molecule has 0 aliphatic rings. The van der Waals surface area contributed by atoms with Crippen molar-refractivity contribution in [3.05, 3.63) is 46.5 Å². The number of hydrogen-bond acceptors (Lipinski definition) is 3. The third-order valence-corrected chi connectivity index (χ3v) is 3.15. The van der Waals surface area contributed by atoms with Crippen LogP contribution in [0.25, 0.3) is 0 Å². The molecule has 0 atom stereocenters. The van der Waals surface area contributed by atoms with Crippen LogP contribution in [0, 0.1) is 0 Å².